The van der Waals surface area contributed by atoms with Crippen molar-refractivity contribution in [2.45, 2.75) is 17.9 Å². The van der Waals surface area contributed by atoms with Crippen LogP contribution in [0.3, 0.4) is 0 Å². The van der Waals surface area contributed by atoms with Crippen LogP contribution < -0.4 is 14.8 Å². The zero-order valence-electron chi connectivity index (χ0n) is 15.5. The Morgan fingerprint density at radius 3 is 2.46 bits per heavy atom. The SMILES string of the molecule is COC[C@@H](C)NS(=O)(=O)c1ccc(OC)c(NC(=O)c2ccc(Cl)cc2Cl)c1. The fraction of sp³-hybridized carbons (Fsp3) is 0.278. The molecule has 1 amide bonds. The van der Waals surface area contributed by atoms with Crippen molar-refractivity contribution in [1.29, 1.82) is 0 Å². The minimum absolute atomic E-state index is 0.0336. The highest BCUT2D eigenvalue weighted by Gasteiger charge is 2.20. The molecule has 2 N–H and O–H groups in total. The molecule has 2 aromatic rings. The van der Waals surface area contributed by atoms with Gasteiger partial charge in [0, 0.05) is 18.2 Å². The second kappa shape index (κ2) is 9.58. The Balaban J connectivity index is 2.33. The number of halogens is 2. The largest absolute Gasteiger partial charge is 0.495 e. The zero-order valence-corrected chi connectivity index (χ0v) is 17.8. The van der Waals surface area contributed by atoms with E-state index in [9.17, 15) is 13.2 Å². The number of nitrogens with one attached hydrogen (secondary N) is 2. The summed E-state index contributed by atoms with van der Waals surface area (Å²) < 4.78 is 37.8. The van der Waals surface area contributed by atoms with Crippen LogP contribution in [0.2, 0.25) is 10.0 Å². The molecule has 0 spiro atoms. The number of hydrogen-bond donors (Lipinski definition) is 2. The molecule has 2 aromatic carbocycles. The number of carbonyl (C=O) groups is 1. The summed E-state index contributed by atoms with van der Waals surface area (Å²) in [5, 5.41) is 3.18. The van der Waals surface area contributed by atoms with E-state index in [-0.39, 0.29) is 27.8 Å². The average molecular weight is 447 g/mol. The summed E-state index contributed by atoms with van der Waals surface area (Å²) in [5.41, 5.74) is 0.369. The van der Waals surface area contributed by atoms with Crippen molar-refractivity contribution in [3.8, 4) is 5.75 Å². The lowest BCUT2D eigenvalue weighted by Crippen LogP contribution is -2.35. The molecule has 10 heteroatoms. The molecule has 0 aliphatic rings. The predicted octanol–water partition coefficient (Wildman–Crippen LogP) is 3.57. The number of amides is 1. The maximum absolute atomic E-state index is 12.6. The van der Waals surface area contributed by atoms with Gasteiger partial charge in [0.15, 0.2) is 0 Å². The Morgan fingerprint density at radius 2 is 1.86 bits per heavy atom. The summed E-state index contributed by atoms with van der Waals surface area (Å²) in [5.74, 6) is -0.238. The molecule has 1 atom stereocenters. The first-order valence-corrected chi connectivity index (χ1v) is 10.4. The van der Waals surface area contributed by atoms with E-state index in [0.717, 1.165) is 0 Å². The first-order valence-electron chi connectivity index (χ1n) is 8.13. The van der Waals surface area contributed by atoms with Crippen LogP contribution in [0.1, 0.15) is 17.3 Å². The minimum Gasteiger partial charge on any atom is -0.495 e. The lowest BCUT2D eigenvalue weighted by Gasteiger charge is -2.16. The molecule has 0 bridgehead atoms. The van der Waals surface area contributed by atoms with Crippen LogP contribution >= 0.6 is 23.2 Å². The van der Waals surface area contributed by atoms with Crippen molar-refractivity contribution >= 4 is 44.8 Å². The molecule has 0 aromatic heterocycles. The molecule has 28 heavy (non-hydrogen) atoms. The van der Waals surface area contributed by atoms with Crippen LogP contribution in [0, 0.1) is 0 Å². The number of methoxy groups -OCH3 is 2. The fourth-order valence-corrected chi connectivity index (χ4v) is 4.18. The Kier molecular flexibility index (Phi) is 7.68. The molecule has 0 fully saturated rings. The first kappa shape index (κ1) is 22.4. The van der Waals surface area contributed by atoms with Crippen LogP contribution in [-0.4, -0.2) is 41.2 Å². The molecule has 7 nitrogen and oxygen atoms in total. The van der Waals surface area contributed by atoms with Gasteiger partial charge in [-0.15, -0.1) is 0 Å². The molecule has 0 saturated carbocycles. The topological polar surface area (TPSA) is 93.7 Å². The quantitative estimate of drug-likeness (QED) is 0.646. The van der Waals surface area contributed by atoms with Crippen LogP contribution in [0.5, 0.6) is 5.75 Å². The van der Waals surface area contributed by atoms with Crippen molar-refractivity contribution < 1.29 is 22.7 Å². The molecule has 0 heterocycles. The number of carbonyl (C=O) groups excluding carboxylic acids is 1. The predicted molar refractivity (Wildman–Crippen MR) is 109 cm³/mol. The summed E-state index contributed by atoms with van der Waals surface area (Å²) in [6.07, 6.45) is 0. The fourth-order valence-electron chi connectivity index (χ4n) is 2.43. The monoisotopic (exact) mass is 446 g/mol. The molecule has 2 rings (SSSR count). The third kappa shape index (κ3) is 5.59. The number of anilines is 1. The van der Waals surface area contributed by atoms with Crippen LogP contribution in [0.15, 0.2) is 41.3 Å². The Labute approximate surface area is 174 Å². The maximum Gasteiger partial charge on any atom is 0.257 e. The van der Waals surface area contributed by atoms with Crippen molar-refractivity contribution in [2.75, 3.05) is 26.1 Å². The number of ether oxygens (including phenoxy) is 2. The van der Waals surface area contributed by atoms with Gasteiger partial charge in [-0.05, 0) is 43.3 Å². The lowest BCUT2D eigenvalue weighted by molar-refractivity contribution is 0.102. The van der Waals surface area contributed by atoms with Crippen LogP contribution in [-0.2, 0) is 14.8 Å². The van der Waals surface area contributed by atoms with E-state index < -0.39 is 22.0 Å². The smallest absolute Gasteiger partial charge is 0.257 e. The summed E-state index contributed by atoms with van der Waals surface area (Å²) in [7, 11) is -0.934. The van der Waals surface area contributed by atoms with E-state index in [4.69, 9.17) is 32.7 Å². The molecular weight excluding hydrogens is 427 g/mol. The lowest BCUT2D eigenvalue weighted by atomic mass is 10.2. The van der Waals surface area contributed by atoms with Gasteiger partial charge in [-0.1, -0.05) is 23.2 Å². The average Bonchev–Trinajstić information content (AvgIpc) is 2.61. The van der Waals surface area contributed by atoms with Crippen LogP contribution in [0.4, 0.5) is 5.69 Å². The van der Waals surface area contributed by atoms with Gasteiger partial charge in [-0.3, -0.25) is 4.79 Å². The Hall–Kier alpha value is -1.84. The summed E-state index contributed by atoms with van der Waals surface area (Å²) in [6.45, 7) is 1.89. The molecule has 0 aliphatic carbocycles. The maximum atomic E-state index is 12.6. The third-order valence-electron chi connectivity index (χ3n) is 3.68. The second-order valence-corrected chi connectivity index (χ2v) is 8.48. The van der Waals surface area contributed by atoms with Gasteiger partial charge in [-0.25, -0.2) is 13.1 Å². The zero-order chi connectivity index (χ0) is 20.9. The van der Waals surface area contributed by atoms with Gasteiger partial charge in [0.1, 0.15) is 5.75 Å². The standard InChI is InChI=1S/C18H20Cl2N2O5S/c1-11(10-26-2)22-28(24,25)13-5-7-17(27-3)16(9-13)21-18(23)14-6-4-12(19)8-15(14)20/h4-9,11,22H,10H2,1-3H3,(H,21,23)/t11-/m1/s1. The Bertz CT molecular complexity index is 966. The summed E-state index contributed by atoms with van der Waals surface area (Å²) in [4.78, 5) is 12.5. The summed E-state index contributed by atoms with van der Waals surface area (Å²) in [6, 6.07) is 8.16. The number of hydrogen-bond acceptors (Lipinski definition) is 5. The number of sulfonamides is 1. The van der Waals surface area contributed by atoms with Gasteiger partial charge in [-0.2, -0.15) is 0 Å². The molecule has 152 valence electrons. The van der Waals surface area contributed by atoms with E-state index in [0.29, 0.717) is 10.8 Å². The molecule has 0 aliphatic heterocycles. The van der Waals surface area contributed by atoms with Gasteiger partial charge in [0.2, 0.25) is 10.0 Å². The number of benzene rings is 2. The van der Waals surface area contributed by atoms with Crippen molar-refractivity contribution in [3.05, 3.63) is 52.0 Å². The van der Waals surface area contributed by atoms with Crippen molar-refractivity contribution in [3.63, 3.8) is 0 Å². The molecule has 0 unspecified atom stereocenters. The van der Waals surface area contributed by atoms with E-state index in [1.54, 1.807) is 6.92 Å². The molecule has 0 radical (unpaired) electrons. The van der Waals surface area contributed by atoms with Gasteiger partial charge >= 0.3 is 0 Å². The first-order chi connectivity index (χ1) is 13.2. The molecular formula is C18H20Cl2N2O5S. The highest BCUT2D eigenvalue weighted by Crippen LogP contribution is 2.29. The number of rotatable bonds is 8. The molecule has 0 saturated heterocycles. The minimum atomic E-state index is -3.82. The normalized spacial score (nSPS) is 12.5. The highest BCUT2D eigenvalue weighted by molar-refractivity contribution is 7.89. The van der Waals surface area contributed by atoms with E-state index in [1.165, 1.54) is 50.6 Å². The van der Waals surface area contributed by atoms with Crippen molar-refractivity contribution in [1.82, 2.24) is 4.72 Å². The van der Waals surface area contributed by atoms with E-state index in [1.807, 2.05) is 0 Å². The van der Waals surface area contributed by atoms with E-state index in [2.05, 4.69) is 10.0 Å². The van der Waals surface area contributed by atoms with Gasteiger partial charge in [0.05, 0.1) is 34.9 Å². The highest BCUT2D eigenvalue weighted by atomic mass is 35.5. The summed E-state index contributed by atoms with van der Waals surface area (Å²) >= 11 is 11.9. The van der Waals surface area contributed by atoms with Crippen LogP contribution in [0.25, 0.3) is 0 Å². The third-order valence-corrected chi connectivity index (χ3v) is 5.81. The van der Waals surface area contributed by atoms with Crippen molar-refractivity contribution in [2.24, 2.45) is 0 Å². The van der Waals surface area contributed by atoms with Gasteiger partial charge in [0.25, 0.3) is 5.91 Å². The second-order valence-electron chi connectivity index (χ2n) is 5.92. The van der Waals surface area contributed by atoms with Gasteiger partial charge < -0.3 is 14.8 Å². The van der Waals surface area contributed by atoms with E-state index >= 15 is 0 Å². The Morgan fingerprint density at radius 1 is 1.14 bits per heavy atom.